The predicted octanol–water partition coefficient (Wildman–Crippen LogP) is 2.74. The summed E-state index contributed by atoms with van der Waals surface area (Å²) in [6, 6.07) is 0. The molecule has 4 heteroatoms. The van der Waals surface area contributed by atoms with Crippen molar-refractivity contribution in [3.05, 3.63) is 21.8 Å². The van der Waals surface area contributed by atoms with Crippen LogP contribution in [0.2, 0.25) is 0 Å². The van der Waals surface area contributed by atoms with E-state index in [1.54, 1.807) is 0 Å². The number of rotatable bonds is 1. The molecular weight excluding hydrogens is 209 g/mol. The number of hydrogen-bond donors (Lipinski definition) is 1. The Bertz CT molecular complexity index is 294. The maximum absolute atomic E-state index is 10.8. The molecule has 1 atom stereocenters. The standard InChI is InChI=1S/C9H11Cl2NO/c1-5-3-7(10)9(8(11)4-5)12-6(2)13/h3,5H,4H2,1-2H3,(H,12,13). The van der Waals surface area contributed by atoms with Crippen LogP contribution in [0.5, 0.6) is 0 Å². The Morgan fingerprint density at radius 2 is 2.23 bits per heavy atom. The zero-order valence-corrected chi connectivity index (χ0v) is 9.04. The summed E-state index contributed by atoms with van der Waals surface area (Å²) in [5.41, 5.74) is 0.550. The Labute approximate surface area is 87.6 Å². The average Bonchev–Trinajstić information content (AvgIpc) is 1.96. The molecule has 2 nitrogen and oxygen atoms in total. The first-order chi connectivity index (χ1) is 6.00. The Balaban J connectivity index is 2.88. The summed E-state index contributed by atoms with van der Waals surface area (Å²) in [4.78, 5) is 10.8. The molecule has 0 radical (unpaired) electrons. The summed E-state index contributed by atoms with van der Waals surface area (Å²) in [6.07, 6.45) is 2.62. The molecule has 0 saturated carbocycles. The second-order valence-corrected chi connectivity index (χ2v) is 4.02. The van der Waals surface area contributed by atoms with Crippen molar-refractivity contribution in [1.29, 1.82) is 0 Å². The van der Waals surface area contributed by atoms with Gasteiger partial charge < -0.3 is 5.32 Å². The maximum Gasteiger partial charge on any atom is 0.221 e. The minimum absolute atomic E-state index is 0.158. The maximum atomic E-state index is 10.8. The topological polar surface area (TPSA) is 29.1 Å². The van der Waals surface area contributed by atoms with E-state index in [1.807, 2.05) is 13.0 Å². The molecule has 1 N–H and O–H groups in total. The van der Waals surface area contributed by atoms with Gasteiger partial charge in [0.2, 0.25) is 5.91 Å². The van der Waals surface area contributed by atoms with Crippen LogP contribution in [-0.2, 0) is 4.79 Å². The first-order valence-electron chi connectivity index (χ1n) is 4.04. The van der Waals surface area contributed by atoms with Gasteiger partial charge >= 0.3 is 0 Å². The Morgan fingerprint density at radius 3 is 2.69 bits per heavy atom. The highest BCUT2D eigenvalue weighted by Crippen LogP contribution is 2.31. The van der Waals surface area contributed by atoms with Gasteiger partial charge in [0, 0.05) is 12.0 Å². The summed E-state index contributed by atoms with van der Waals surface area (Å²) in [7, 11) is 0. The van der Waals surface area contributed by atoms with Crippen molar-refractivity contribution in [2.45, 2.75) is 20.3 Å². The van der Waals surface area contributed by atoms with E-state index in [0.29, 0.717) is 21.7 Å². The highest BCUT2D eigenvalue weighted by Gasteiger charge is 2.18. The lowest BCUT2D eigenvalue weighted by Crippen LogP contribution is -2.22. The van der Waals surface area contributed by atoms with E-state index in [-0.39, 0.29) is 5.91 Å². The molecule has 1 amide bonds. The zero-order chi connectivity index (χ0) is 10.0. The highest BCUT2D eigenvalue weighted by atomic mass is 35.5. The molecule has 1 unspecified atom stereocenters. The summed E-state index contributed by atoms with van der Waals surface area (Å²) < 4.78 is 0. The summed E-state index contributed by atoms with van der Waals surface area (Å²) in [6.45, 7) is 3.45. The van der Waals surface area contributed by atoms with Gasteiger partial charge in [0.05, 0.1) is 10.7 Å². The lowest BCUT2D eigenvalue weighted by Gasteiger charge is -2.18. The van der Waals surface area contributed by atoms with Crippen molar-refractivity contribution >= 4 is 29.1 Å². The van der Waals surface area contributed by atoms with E-state index in [0.717, 1.165) is 6.42 Å². The Hall–Kier alpha value is -0.470. The molecule has 0 heterocycles. The number of amides is 1. The molecule has 0 bridgehead atoms. The third-order valence-electron chi connectivity index (χ3n) is 1.74. The van der Waals surface area contributed by atoms with Gasteiger partial charge in [-0.3, -0.25) is 4.79 Å². The number of carbonyl (C=O) groups excluding carboxylic acids is 1. The van der Waals surface area contributed by atoms with E-state index in [2.05, 4.69) is 5.32 Å². The third-order valence-corrected chi connectivity index (χ3v) is 2.40. The van der Waals surface area contributed by atoms with Crippen LogP contribution in [0.3, 0.4) is 0 Å². The Morgan fingerprint density at radius 1 is 1.62 bits per heavy atom. The Kier molecular flexibility index (Phi) is 3.40. The van der Waals surface area contributed by atoms with Crippen molar-refractivity contribution in [2.75, 3.05) is 0 Å². The molecule has 0 aromatic heterocycles. The third kappa shape index (κ3) is 2.75. The average molecular weight is 220 g/mol. The molecule has 0 saturated heterocycles. The van der Waals surface area contributed by atoms with E-state index in [9.17, 15) is 4.79 Å². The zero-order valence-electron chi connectivity index (χ0n) is 7.53. The number of carbonyl (C=O) groups is 1. The van der Waals surface area contributed by atoms with E-state index < -0.39 is 0 Å². The first-order valence-corrected chi connectivity index (χ1v) is 4.80. The van der Waals surface area contributed by atoms with Gasteiger partial charge in [0.1, 0.15) is 0 Å². The van der Waals surface area contributed by atoms with E-state index >= 15 is 0 Å². The van der Waals surface area contributed by atoms with Gasteiger partial charge in [-0.1, -0.05) is 36.2 Å². The van der Waals surface area contributed by atoms with Gasteiger partial charge in [-0.25, -0.2) is 0 Å². The molecule has 1 aliphatic rings. The monoisotopic (exact) mass is 219 g/mol. The van der Waals surface area contributed by atoms with Gasteiger partial charge in [0.15, 0.2) is 0 Å². The molecule has 0 spiro atoms. The second kappa shape index (κ2) is 4.16. The number of allylic oxidation sites excluding steroid dienone is 3. The largest absolute Gasteiger partial charge is 0.324 e. The number of halogens is 2. The molecule has 0 aromatic carbocycles. The lowest BCUT2D eigenvalue weighted by molar-refractivity contribution is -0.118. The highest BCUT2D eigenvalue weighted by molar-refractivity contribution is 6.36. The van der Waals surface area contributed by atoms with Crippen molar-refractivity contribution < 1.29 is 4.79 Å². The van der Waals surface area contributed by atoms with Gasteiger partial charge in [-0.2, -0.15) is 0 Å². The van der Waals surface area contributed by atoms with Crippen molar-refractivity contribution in [1.82, 2.24) is 5.32 Å². The van der Waals surface area contributed by atoms with Crippen LogP contribution in [0.1, 0.15) is 20.3 Å². The minimum Gasteiger partial charge on any atom is -0.324 e. The smallest absolute Gasteiger partial charge is 0.221 e. The van der Waals surface area contributed by atoms with E-state index in [1.165, 1.54) is 6.92 Å². The predicted molar refractivity (Wildman–Crippen MR) is 54.4 cm³/mol. The van der Waals surface area contributed by atoms with Crippen molar-refractivity contribution in [3.8, 4) is 0 Å². The van der Waals surface area contributed by atoms with Gasteiger partial charge in [-0.05, 0) is 12.3 Å². The molecule has 1 aliphatic carbocycles. The van der Waals surface area contributed by atoms with Crippen LogP contribution >= 0.6 is 23.2 Å². The van der Waals surface area contributed by atoms with Crippen LogP contribution < -0.4 is 5.32 Å². The molecule has 0 aromatic rings. The van der Waals surface area contributed by atoms with Crippen LogP contribution in [0, 0.1) is 5.92 Å². The summed E-state index contributed by atoms with van der Waals surface area (Å²) in [5.74, 6) is 0.173. The fourth-order valence-electron chi connectivity index (χ4n) is 1.21. The first kappa shape index (κ1) is 10.6. The quantitative estimate of drug-likeness (QED) is 0.723. The van der Waals surface area contributed by atoms with Crippen LogP contribution in [0.25, 0.3) is 0 Å². The number of nitrogens with one attached hydrogen (secondary N) is 1. The summed E-state index contributed by atoms with van der Waals surface area (Å²) >= 11 is 11.9. The van der Waals surface area contributed by atoms with Gasteiger partial charge in [-0.15, -0.1) is 0 Å². The van der Waals surface area contributed by atoms with Crippen LogP contribution in [0.4, 0.5) is 0 Å². The van der Waals surface area contributed by atoms with E-state index in [4.69, 9.17) is 23.2 Å². The van der Waals surface area contributed by atoms with Crippen molar-refractivity contribution in [3.63, 3.8) is 0 Å². The molecule has 0 aliphatic heterocycles. The van der Waals surface area contributed by atoms with Gasteiger partial charge in [0.25, 0.3) is 0 Å². The summed E-state index contributed by atoms with van der Waals surface area (Å²) in [5, 5.41) is 3.76. The SMILES string of the molecule is CC(=O)NC1=C(Cl)CC(C)C=C1Cl. The fraction of sp³-hybridized carbons (Fsp3) is 0.444. The molecule has 1 rings (SSSR count). The fourth-order valence-corrected chi connectivity index (χ4v) is 2.03. The minimum atomic E-state index is -0.158. The van der Waals surface area contributed by atoms with Crippen molar-refractivity contribution in [2.24, 2.45) is 5.92 Å². The molecule has 13 heavy (non-hydrogen) atoms. The molecule has 0 fully saturated rings. The molecule has 72 valence electrons. The molecular formula is C9H11Cl2NO. The van der Waals surface area contributed by atoms with Crippen LogP contribution in [-0.4, -0.2) is 5.91 Å². The normalized spacial score (nSPS) is 22.8. The van der Waals surface area contributed by atoms with Crippen LogP contribution in [0.15, 0.2) is 21.8 Å². The second-order valence-electron chi connectivity index (χ2n) is 3.16. The lowest BCUT2D eigenvalue weighted by atomic mass is 10.0. The number of hydrogen-bond acceptors (Lipinski definition) is 1.